The van der Waals surface area contributed by atoms with Crippen LogP contribution in [-0.2, 0) is 4.79 Å². The molecule has 4 heteroatoms. The van der Waals surface area contributed by atoms with E-state index in [-0.39, 0.29) is 5.91 Å². The quantitative estimate of drug-likeness (QED) is 0.791. The Morgan fingerprint density at radius 1 is 0.857 bits per heavy atom. The molecule has 3 nitrogen and oxygen atoms in total. The zero-order chi connectivity index (χ0) is 15.0. The van der Waals surface area contributed by atoms with Crippen LogP contribution in [0.1, 0.15) is 13.8 Å². The lowest BCUT2D eigenvalue weighted by molar-refractivity contribution is -0.120. The van der Waals surface area contributed by atoms with E-state index in [1.165, 1.54) is 0 Å². The molecule has 0 N–H and O–H groups in total. The van der Waals surface area contributed by atoms with Gasteiger partial charge in [-0.2, -0.15) is 0 Å². The van der Waals surface area contributed by atoms with Crippen molar-refractivity contribution in [3.05, 3.63) is 60.7 Å². The Bertz CT molecular complexity index is 682. The maximum Gasteiger partial charge on any atom is 0.259 e. The molecule has 1 aliphatic heterocycles. The molecule has 3 rings (SSSR count). The average Bonchev–Trinajstić information content (AvgIpc) is 2.67. The summed E-state index contributed by atoms with van der Waals surface area (Å²) in [6, 6.07) is 19.3. The summed E-state index contributed by atoms with van der Waals surface area (Å²) in [6.07, 6.45) is 0. The van der Waals surface area contributed by atoms with Gasteiger partial charge in [-0.3, -0.25) is 9.69 Å². The molecule has 0 aromatic heterocycles. The number of carbonyl (C=O) groups is 1. The summed E-state index contributed by atoms with van der Waals surface area (Å²) in [5.41, 5.74) is 1.03. The Balaban J connectivity index is 2.08. The molecule has 0 bridgehead atoms. The molecule has 1 saturated heterocycles. The van der Waals surface area contributed by atoms with Gasteiger partial charge in [-0.25, -0.2) is 0 Å². The molecule has 0 atom stereocenters. The highest BCUT2D eigenvalue weighted by molar-refractivity contribution is 7.81. The lowest BCUT2D eigenvalue weighted by Crippen LogP contribution is -2.44. The third-order valence-corrected chi connectivity index (χ3v) is 4.06. The van der Waals surface area contributed by atoms with Crippen molar-refractivity contribution in [2.75, 3.05) is 9.80 Å². The molecular formula is C17H16N2OS. The fourth-order valence-corrected chi connectivity index (χ4v) is 3.13. The molecular weight excluding hydrogens is 280 g/mol. The largest absolute Gasteiger partial charge is 0.304 e. The fourth-order valence-electron chi connectivity index (χ4n) is 2.61. The molecule has 0 spiro atoms. The predicted molar refractivity (Wildman–Crippen MR) is 89.5 cm³/mol. The first-order chi connectivity index (χ1) is 10.0. The van der Waals surface area contributed by atoms with Crippen molar-refractivity contribution in [3.63, 3.8) is 0 Å². The first-order valence-corrected chi connectivity index (χ1v) is 7.23. The van der Waals surface area contributed by atoms with E-state index in [9.17, 15) is 4.79 Å². The van der Waals surface area contributed by atoms with Crippen LogP contribution in [0.4, 0.5) is 11.4 Å². The molecule has 0 radical (unpaired) electrons. The Hall–Kier alpha value is -2.20. The number of amides is 1. The van der Waals surface area contributed by atoms with Crippen LogP contribution < -0.4 is 9.80 Å². The van der Waals surface area contributed by atoms with Gasteiger partial charge < -0.3 is 4.90 Å². The number of carbonyl (C=O) groups excluding carboxylic acids is 1. The van der Waals surface area contributed by atoms with Crippen LogP contribution in [-0.4, -0.2) is 16.6 Å². The van der Waals surface area contributed by atoms with Crippen molar-refractivity contribution >= 4 is 34.6 Å². The minimum absolute atomic E-state index is 0.0115. The monoisotopic (exact) mass is 296 g/mol. The van der Waals surface area contributed by atoms with E-state index in [2.05, 4.69) is 0 Å². The minimum atomic E-state index is -0.700. The second-order valence-corrected chi connectivity index (χ2v) is 5.85. The number of anilines is 2. The van der Waals surface area contributed by atoms with Gasteiger partial charge in [0.1, 0.15) is 5.54 Å². The van der Waals surface area contributed by atoms with E-state index >= 15 is 0 Å². The standard InChI is InChI=1S/C17H16N2OS/c1-17(2)15(20)18(13-9-5-3-6-10-13)16(21)19(17)14-11-7-4-8-12-14/h3-12H,1-2H3. The normalized spacial score (nSPS) is 17.4. The summed E-state index contributed by atoms with van der Waals surface area (Å²) >= 11 is 5.58. The van der Waals surface area contributed by atoms with Crippen molar-refractivity contribution in [1.29, 1.82) is 0 Å². The molecule has 2 aromatic carbocycles. The molecule has 1 amide bonds. The van der Waals surface area contributed by atoms with Crippen LogP contribution in [0.2, 0.25) is 0 Å². The maximum atomic E-state index is 12.8. The van der Waals surface area contributed by atoms with Gasteiger partial charge in [0, 0.05) is 5.69 Å². The summed E-state index contributed by atoms with van der Waals surface area (Å²) in [5.74, 6) is -0.0115. The van der Waals surface area contributed by atoms with Crippen LogP contribution >= 0.6 is 12.2 Å². The Labute approximate surface area is 129 Å². The molecule has 1 fully saturated rings. The van der Waals surface area contributed by atoms with E-state index in [1.54, 1.807) is 4.90 Å². The molecule has 0 saturated carbocycles. The van der Waals surface area contributed by atoms with Crippen LogP contribution in [0, 0.1) is 0 Å². The Kier molecular flexibility index (Phi) is 3.26. The number of benzene rings is 2. The maximum absolute atomic E-state index is 12.8. The highest BCUT2D eigenvalue weighted by Crippen LogP contribution is 2.35. The first kappa shape index (κ1) is 13.8. The van der Waals surface area contributed by atoms with E-state index < -0.39 is 5.54 Å². The average molecular weight is 296 g/mol. The third-order valence-electron chi connectivity index (χ3n) is 3.70. The Morgan fingerprint density at radius 2 is 1.33 bits per heavy atom. The highest BCUT2D eigenvalue weighted by atomic mass is 32.1. The van der Waals surface area contributed by atoms with Crippen molar-refractivity contribution in [2.45, 2.75) is 19.4 Å². The smallest absolute Gasteiger partial charge is 0.259 e. The molecule has 0 aliphatic carbocycles. The number of hydrogen-bond donors (Lipinski definition) is 0. The second-order valence-electron chi connectivity index (χ2n) is 5.49. The summed E-state index contributed by atoms with van der Waals surface area (Å²) in [7, 11) is 0. The molecule has 21 heavy (non-hydrogen) atoms. The summed E-state index contributed by atoms with van der Waals surface area (Å²) in [4.78, 5) is 16.3. The van der Waals surface area contributed by atoms with Crippen LogP contribution in [0.5, 0.6) is 0 Å². The summed E-state index contributed by atoms with van der Waals surface area (Å²) in [6.45, 7) is 3.80. The van der Waals surface area contributed by atoms with Crippen molar-refractivity contribution in [1.82, 2.24) is 0 Å². The van der Waals surface area contributed by atoms with E-state index in [1.807, 2.05) is 79.4 Å². The van der Waals surface area contributed by atoms with E-state index in [0.717, 1.165) is 11.4 Å². The van der Waals surface area contributed by atoms with Gasteiger partial charge in [0.05, 0.1) is 5.69 Å². The van der Waals surface area contributed by atoms with Crippen LogP contribution in [0.25, 0.3) is 0 Å². The summed E-state index contributed by atoms with van der Waals surface area (Å²) in [5, 5.41) is 0.516. The SMILES string of the molecule is CC1(C)C(=O)N(c2ccccc2)C(=S)N1c1ccccc1. The Morgan fingerprint density at radius 3 is 1.86 bits per heavy atom. The highest BCUT2D eigenvalue weighted by Gasteiger charge is 2.50. The number of para-hydroxylation sites is 2. The lowest BCUT2D eigenvalue weighted by Gasteiger charge is -2.29. The minimum Gasteiger partial charge on any atom is -0.304 e. The van der Waals surface area contributed by atoms with Crippen LogP contribution in [0.3, 0.4) is 0 Å². The fraction of sp³-hybridized carbons (Fsp3) is 0.176. The van der Waals surface area contributed by atoms with E-state index in [0.29, 0.717) is 5.11 Å². The zero-order valence-electron chi connectivity index (χ0n) is 12.0. The lowest BCUT2D eigenvalue weighted by atomic mass is 10.0. The predicted octanol–water partition coefficient (Wildman–Crippen LogP) is 3.60. The number of nitrogens with zero attached hydrogens (tertiary/aromatic N) is 2. The van der Waals surface area contributed by atoms with Gasteiger partial charge in [-0.1, -0.05) is 36.4 Å². The van der Waals surface area contributed by atoms with Gasteiger partial charge in [0.2, 0.25) is 0 Å². The van der Waals surface area contributed by atoms with Gasteiger partial charge in [-0.05, 0) is 50.3 Å². The zero-order valence-corrected chi connectivity index (χ0v) is 12.8. The molecule has 2 aromatic rings. The number of thiocarbonyl (C=S) groups is 1. The van der Waals surface area contributed by atoms with Crippen molar-refractivity contribution < 1.29 is 4.79 Å². The van der Waals surface area contributed by atoms with Gasteiger partial charge in [0.15, 0.2) is 5.11 Å². The van der Waals surface area contributed by atoms with Crippen LogP contribution in [0.15, 0.2) is 60.7 Å². The van der Waals surface area contributed by atoms with Gasteiger partial charge >= 0.3 is 0 Å². The molecule has 1 heterocycles. The molecule has 106 valence electrons. The van der Waals surface area contributed by atoms with E-state index in [4.69, 9.17) is 12.2 Å². The first-order valence-electron chi connectivity index (χ1n) is 6.82. The summed E-state index contributed by atoms with van der Waals surface area (Å²) < 4.78 is 0. The van der Waals surface area contributed by atoms with Gasteiger partial charge in [-0.15, -0.1) is 0 Å². The van der Waals surface area contributed by atoms with Crippen molar-refractivity contribution in [2.24, 2.45) is 0 Å². The second kappa shape index (κ2) is 4.97. The molecule has 0 unspecified atom stereocenters. The number of hydrogen-bond acceptors (Lipinski definition) is 2. The van der Waals surface area contributed by atoms with Gasteiger partial charge in [0.25, 0.3) is 5.91 Å². The van der Waals surface area contributed by atoms with Crippen molar-refractivity contribution in [3.8, 4) is 0 Å². The third kappa shape index (κ3) is 2.12. The molecule has 1 aliphatic rings. The number of rotatable bonds is 2. The topological polar surface area (TPSA) is 23.6 Å².